The van der Waals surface area contributed by atoms with E-state index in [2.05, 4.69) is 29.0 Å². The van der Waals surface area contributed by atoms with Crippen LogP contribution in [-0.4, -0.2) is 35.1 Å². The van der Waals surface area contributed by atoms with E-state index in [1.807, 2.05) is 0 Å². The average Bonchev–Trinajstić information content (AvgIpc) is 2.70. The number of likely N-dealkylation sites (tertiary alicyclic amines) is 1. The molecule has 0 aromatic carbocycles. The third-order valence-electron chi connectivity index (χ3n) is 3.05. The summed E-state index contributed by atoms with van der Waals surface area (Å²) in [5.41, 5.74) is 0.900. The van der Waals surface area contributed by atoms with Crippen LogP contribution >= 0.6 is 0 Å². The molecule has 1 unspecified atom stereocenters. The molecule has 1 N–H and O–H groups in total. The second kappa shape index (κ2) is 4.78. The molecule has 0 spiro atoms. The molecule has 2 rings (SSSR count). The fourth-order valence-corrected chi connectivity index (χ4v) is 2.07. The second-order valence-corrected chi connectivity index (χ2v) is 4.59. The summed E-state index contributed by atoms with van der Waals surface area (Å²) in [5, 5.41) is 3.38. The van der Waals surface area contributed by atoms with Crippen LogP contribution in [-0.2, 0) is 0 Å². The molecule has 1 saturated heterocycles. The van der Waals surface area contributed by atoms with Gasteiger partial charge in [-0.15, -0.1) is 0 Å². The number of halogens is 1. The van der Waals surface area contributed by atoms with Crippen LogP contribution in [0, 0.1) is 5.95 Å². The third kappa shape index (κ3) is 2.70. The van der Waals surface area contributed by atoms with Crippen molar-refractivity contribution in [1.82, 2.24) is 9.88 Å². The Morgan fingerprint density at radius 3 is 2.88 bits per heavy atom. The van der Waals surface area contributed by atoms with Crippen molar-refractivity contribution in [3.63, 3.8) is 0 Å². The molecule has 0 saturated carbocycles. The Morgan fingerprint density at radius 2 is 2.31 bits per heavy atom. The zero-order valence-electron chi connectivity index (χ0n) is 9.78. The lowest BCUT2D eigenvalue weighted by Crippen LogP contribution is -2.31. The summed E-state index contributed by atoms with van der Waals surface area (Å²) in [4.78, 5) is 6.07. The van der Waals surface area contributed by atoms with Gasteiger partial charge in [0.1, 0.15) is 0 Å². The number of pyridine rings is 1. The Balaban J connectivity index is 1.89. The van der Waals surface area contributed by atoms with Crippen LogP contribution < -0.4 is 5.32 Å². The summed E-state index contributed by atoms with van der Waals surface area (Å²) in [6, 6.07) is 4.17. The fourth-order valence-electron chi connectivity index (χ4n) is 2.07. The highest BCUT2D eigenvalue weighted by molar-refractivity contribution is 5.41. The number of nitrogens with zero attached hydrogens (tertiary/aromatic N) is 2. The van der Waals surface area contributed by atoms with Crippen LogP contribution in [0.5, 0.6) is 0 Å². The molecule has 1 fully saturated rings. The molecule has 1 atom stereocenters. The van der Waals surface area contributed by atoms with Gasteiger partial charge in [0.15, 0.2) is 0 Å². The van der Waals surface area contributed by atoms with Crippen molar-refractivity contribution in [3.05, 3.63) is 24.3 Å². The molecule has 1 aliphatic heterocycles. The van der Waals surface area contributed by atoms with E-state index in [0.717, 1.165) is 25.2 Å². The van der Waals surface area contributed by atoms with Gasteiger partial charge < -0.3 is 5.32 Å². The maximum absolute atomic E-state index is 12.6. The van der Waals surface area contributed by atoms with Crippen molar-refractivity contribution in [2.75, 3.05) is 18.4 Å². The summed E-state index contributed by atoms with van der Waals surface area (Å²) in [5.74, 6) is -0.430. The van der Waals surface area contributed by atoms with E-state index in [1.165, 1.54) is 6.07 Å². The third-order valence-corrected chi connectivity index (χ3v) is 3.05. The summed E-state index contributed by atoms with van der Waals surface area (Å²) in [6.07, 6.45) is 2.68. The van der Waals surface area contributed by atoms with Gasteiger partial charge in [-0.05, 0) is 32.4 Å². The summed E-state index contributed by atoms with van der Waals surface area (Å²) < 4.78 is 12.6. The number of rotatable bonds is 3. The number of hydrogen-bond acceptors (Lipinski definition) is 3. The quantitative estimate of drug-likeness (QED) is 0.795. The van der Waals surface area contributed by atoms with Gasteiger partial charge in [-0.3, -0.25) is 4.90 Å². The van der Waals surface area contributed by atoms with Crippen molar-refractivity contribution in [3.8, 4) is 0 Å². The van der Waals surface area contributed by atoms with Crippen LogP contribution in [0.15, 0.2) is 18.3 Å². The van der Waals surface area contributed by atoms with Crippen LogP contribution in [0.4, 0.5) is 10.1 Å². The molecular formula is C12H18FN3. The zero-order valence-corrected chi connectivity index (χ0v) is 9.78. The smallest absolute Gasteiger partial charge is 0.212 e. The predicted octanol–water partition coefficient (Wildman–Crippen LogP) is 2.12. The number of hydrogen-bond donors (Lipinski definition) is 1. The lowest BCUT2D eigenvalue weighted by Gasteiger charge is -2.20. The normalized spacial score (nSPS) is 21.6. The van der Waals surface area contributed by atoms with Gasteiger partial charge in [-0.2, -0.15) is 4.39 Å². The highest BCUT2D eigenvalue weighted by atomic mass is 19.1. The SMILES string of the molecule is CC(C)N1CCC(Nc2ccc(F)nc2)C1. The molecule has 1 aromatic rings. The molecule has 88 valence electrons. The molecule has 1 aromatic heterocycles. The first kappa shape index (κ1) is 11.3. The molecule has 0 amide bonds. The van der Waals surface area contributed by atoms with E-state index in [4.69, 9.17) is 0 Å². The topological polar surface area (TPSA) is 28.2 Å². The van der Waals surface area contributed by atoms with E-state index >= 15 is 0 Å². The fraction of sp³-hybridized carbons (Fsp3) is 0.583. The Hall–Kier alpha value is -1.16. The molecule has 16 heavy (non-hydrogen) atoms. The first-order valence-corrected chi connectivity index (χ1v) is 5.77. The van der Waals surface area contributed by atoms with E-state index in [0.29, 0.717) is 12.1 Å². The first-order valence-electron chi connectivity index (χ1n) is 5.77. The Kier molecular flexibility index (Phi) is 3.39. The van der Waals surface area contributed by atoms with Crippen molar-refractivity contribution >= 4 is 5.69 Å². The predicted molar refractivity (Wildman–Crippen MR) is 62.9 cm³/mol. The Bertz CT molecular complexity index is 337. The van der Waals surface area contributed by atoms with Crippen molar-refractivity contribution in [2.24, 2.45) is 0 Å². The number of anilines is 1. The molecule has 3 nitrogen and oxygen atoms in total. The Morgan fingerprint density at radius 1 is 1.50 bits per heavy atom. The largest absolute Gasteiger partial charge is 0.380 e. The monoisotopic (exact) mass is 223 g/mol. The van der Waals surface area contributed by atoms with E-state index in [1.54, 1.807) is 12.3 Å². The van der Waals surface area contributed by atoms with Crippen LogP contribution in [0.1, 0.15) is 20.3 Å². The van der Waals surface area contributed by atoms with Gasteiger partial charge >= 0.3 is 0 Å². The second-order valence-electron chi connectivity index (χ2n) is 4.59. The first-order chi connectivity index (χ1) is 7.65. The molecule has 0 aliphatic carbocycles. The Labute approximate surface area is 95.7 Å². The average molecular weight is 223 g/mol. The van der Waals surface area contributed by atoms with Crippen LogP contribution in [0.2, 0.25) is 0 Å². The molecule has 1 aliphatic rings. The maximum atomic E-state index is 12.6. The summed E-state index contributed by atoms with van der Waals surface area (Å²) in [6.45, 7) is 6.60. The van der Waals surface area contributed by atoms with Crippen molar-refractivity contribution < 1.29 is 4.39 Å². The molecule has 2 heterocycles. The van der Waals surface area contributed by atoms with Gasteiger partial charge in [-0.1, -0.05) is 0 Å². The van der Waals surface area contributed by atoms with Crippen LogP contribution in [0.3, 0.4) is 0 Å². The minimum Gasteiger partial charge on any atom is -0.380 e. The standard InChI is InChI=1S/C12H18FN3/c1-9(2)16-6-5-11(8-16)15-10-3-4-12(13)14-7-10/h3-4,7,9,11,15H,5-6,8H2,1-2H3. The van der Waals surface area contributed by atoms with Crippen LogP contribution in [0.25, 0.3) is 0 Å². The van der Waals surface area contributed by atoms with E-state index in [-0.39, 0.29) is 0 Å². The maximum Gasteiger partial charge on any atom is 0.212 e. The van der Waals surface area contributed by atoms with Crippen molar-refractivity contribution in [2.45, 2.75) is 32.4 Å². The lowest BCUT2D eigenvalue weighted by molar-refractivity contribution is 0.274. The number of aromatic nitrogens is 1. The van der Waals surface area contributed by atoms with Gasteiger partial charge in [0.25, 0.3) is 0 Å². The summed E-state index contributed by atoms with van der Waals surface area (Å²) >= 11 is 0. The van der Waals surface area contributed by atoms with Gasteiger partial charge in [-0.25, -0.2) is 4.98 Å². The lowest BCUT2D eigenvalue weighted by atomic mass is 10.2. The highest BCUT2D eigenvalue weighted by Crippen LogP contribution is 2.17. The molecular weight excluding hydrogens is 205 g/mol. The highest BCUT2D eigenvalue weighted by Gasteiger charge is 2.23. The zero-order chi connectivity index (χ0) is 11.5. The van der Waals surface area contributed by atoms with Gasteiger partial charge in [0, 0.05) is 25.2 Å². The minimum atomic E-state index is -0.430. The number of nitrogens with one attached hydrogen (secondary N) is 1. The molecule has 4 heteroatoms. The minimum absolute atomic E-state index is 0.430. The van der Waals surface area contributed by atoms with E-state index < -0.39 is 5.95 Å². The van der Waals surface area contributed by atoms with E-state index in [9.17, 15) is 4.39 Å². The van der Waals surface area contributed by atoms with Gasteiger partial charge in [0.2, 0.25) is 5.95 Å². The van der Waals surface area contributed by atoms with Gasteiger partial charge in [0.05, 0.1) is 11.9 Å². The summed E-state index contributed by atoms with van der Waals surface area (Å²) in [7, 11) is 0. The molecule has 0 bridgehead atoms. The molecule has 0 radical (unpaired) electrons. The van der Waals surface area contributed by atoms with Crippen molar-refractivity contribution in [1.29, 1.82) is 0 Å².